The maximum atomic E-state index is 13.1. The number of imide groups is 1. The number of hydrogen-bond donors (Lipinski definition) is 1. The van der Waals surface area contributed by atoms with Gasteiger partial charge in [0, 0.05) is 13.6 Å². The Kier molecular flexibility index (Phi) is 6.89. The molecule has 1 heterocycles. The lowest BCUT2D eigenvalue weighted by Crippen LogP contribution is -2.49. The van der Waals surface area contributed by atoms with Gasteiger partial charge in [-0.2, -0.15) is 0 Å². The molecule has 1 atom stereocenters. The van der Waals surface area contributed by atoms with E-state index in [1.165, 1.54) is 4.90 Å². The van der Waals surface area contributed by atoms with Gasteiger partial charge in [0.05, 0.1) is 26.3 Å². The fourth-order valence-electron chi connectivity index (χ4n) is 3.54. The molecule has 0 radical (unpaired) electrons. The molecule has 158 valence electrons. The molecule has 1 saturated heterocycles. The van der Waals surface area contributed by atoms with E-state index in [2.05, 4.69) is 5.32 Å². The van der Waals surface area contributed by atoms with Crippen molar-refractivity contribution >= 4 is 34.8 Å². The number of nitrogens with one attached hydrogen (secondary N) is 1. The first-order chi connectivity index (χ1) is 14.5. The summed E-state index contributed by atoms with van der Waals surface area (Å²) >= 11 is 5.45. The molecule has 2 aromatic rings. The first-order valence-corrected chi connectivity index (χ1v) is 10.0. The van der Waals surface area contributed by atoms with Crippen LogP contribution in [0.4, 0.5) is 5.69 Å². The zero-order chi connectivity index (χ0) is 21.7. The maximum Gasteiger partial charge on any atom is 0.257 e. The topological polar surface area (TPSA) is 71.1 Å². The van der Waals surface area contributed by atoms with Gasteiger partial charge < -0.3 is 19.7 Å². The van der Waals surface area contributed by atoms with Gasteiger partial charge in [0.2, 0.25) is 5.91 Å². The van der Waals surface area contributed by atoms with Gasteiger partial charge >= 0.3 is 0 Å². The summed E-state index contributed by atoms with van der Waals surface area (Å²) in [6.07, 6.45) is 0.701. The Hall–Kier alpha value is -3.13. The lowest BCUT2D eigenvalue weighted by molar-refractivity contribution is -0.122. The number of nitrogens with zero attached hydrogens (tertiary/aromatic N) is 2. The molecule has 7 nitrogen and oxygen atoms in total. The fraction of sp³-hybridized carbons (Fsp3) is 0.318. The van der Waals surface area contributed by atoms with Crippen LogP contribution in [-0.4, -0.2) is 55.7 Å². The molecule has 0 saturated carbocycles. The number of para-hydroxylation sites is 1. The van der Waals surface area contributed by atoms with E-state index in [4.69, 9.17) is 21.7 Å². The molecular weight excluding hydrogens is 402 g/mol. The van der Waals surface area contributed by atoms with Crippen LogP contribution in [0.15, 0.2) is 48.5 Å². The molecular formula is C22H25N3O4S. The Morgan fingerprint density at radius 3 is 2.47 bits per heavy atom. The van der Waals surface area contributed by atoms with Crippen LogP contribution in [0.2, 0.25) is 0 Å². The molecule has 1 aliphatic rings. The van der Waals surface area contributed by atoms with E-state index in [1.807, 2.05) is 24.3 Å². The molecule has 1 aliphatic heterocycles. The Morgan fingerprint density at radius 1 is 1.13 bits per heavy atom. The number of ether oxygens (including phenoxy) is 2. The van der Waals surface area contributed by atoms with Gasteiger partial charge in [-0.05, 0) is 48.5 Å². The molecule has 2 aromatic carbocycles. The number of thiocarbonyl (C=S) groups is 1. The molecule has 3 rings (SSSR count). The van der Waals surface area contributed by atoms with Gasteiger partial charge in [0.15, 0.2) is 16.6 Å². The predicted octanol–water partition coefficient (Wildman–Crippen LogP) is 2.38. The Balaban J connectivity index is 1.79. The van der Waals surface area contributed by atoms with Crippen LogP contribution >= 0.6 is 12.2 Å². The normalized spacial score (nSPS) is 15.8. The van der Waals surface area contributed by atoms with E-state index in [1.54, 1.807) is 50.4 Å². The number of benzene rings is 2. The van der Waals surface area contributed by atoms with Crippen LogP contribution in [0.25, 0.3) is 0 Å². The molecule has 0 unspecified atom stereocenters. The first-order valence-electron chi connectivity index (χ1n) is 9.61. The summed E-state index contributed by atoms with van der Waals surface area (Å²) < 4.78 is 10.6. The van der Waals surface area contributed by atoms with Crippen molar-refractivity contribution in [1.82, 2.24) is 10.2 Å². The number of methoxy groups -OCH3 is 2. The summed E-state index contributed by atoms with van der Waals surface area (Å²) in [5.41, 5.74) is 1.58. The maximum absolute atomic E-state index is 13.1. The van der Waals surface area contributed by atoms with Crippen LogP contribution in [0.5, 0.6) is 11.5 Å². The monoisotopic (exact) mass is 427 g/mol. The molecule has 1 N–H and O–H groups in total. The van der Waals surface area contributed by atoms with E-state index >= 15 is 0 Å². The largest absolute Gasteiger partial charge is 0.493 e. The fourth-order valence-corrected chi connectivity index (χ4v) is 3.75. The van der Waals surface area contributed by atoms with Crippen LogP contribution in [0.1, 0.15) is 12.0 Å². The summed E-state index contributed by atoms with van der Waals surface area (Å²) in [5.74, 6) is 0.793. The molecule has 0 spiro atoms. The van der Waals surface area contributed by atoms with Crippen LogP contribution in [0, 0.1) is 0 Å². The second kappa shape index (κ2) is 9.58. The average Bonchev–Trinajstić information content (AvgIpc) is 3.07. The zero-order valence-corrected chi connectivity index (χ0v) is 18.1. The highest BCUT2D eigenvalue weighted by Gasteiger charge is 2.43. The van der Waals surface area contributed by atoms with Gasteiger partial charge in [-0.25, -0.2) is 4.90 Å². The second-order valence-corrected chi connectivity index (χ2v) is 7.20. The van der Waals surface area contributed by atoms with Crippen molar-refractivity contribution in [2.24, 2.45) is 0 Å². The number of anilines is 1. The molecule has 1 fully saturated rings. The summed E-state index contributed by atoms with van der Waals surface area (Å²) in [6, 6.07) is 14.0. The van der Waals surface area contributed by atoms with Gasteiger partial charge in [-0.3, -0.25) is 9.59 Å². The summed E-state index contributed by atoms with van der Waals surface area (Å²) in [5, 5.41) is 3.37. The zero-order valence-electron chi connectivity index (χ0n) is 17.3. The highest BCUT2D eigenvalue weighted by atomic mass is 32.1. The molecule has 0 aromatic heterocycles. The van der Waals surface area contributed by atoms with Crippen molar-refractivity contribution in [1.29, 1.82) is 0 Å². The third-order valence-corrected chi connectivity index (χ3v) is 5.52. The smallest absolute Gasteiger partial charge is 0.257 e. The van der Waals surface area contributed by atoms with Crippen LogP contribution < -0.4 is 19.7 Å². The summed E-state index contributed by atoms with van der Waals surface area (Å²) in [4.78, 5) is 28.8. The number of hydrogen-bond acceptors (Lipinski definition) is 5. The van der Waals surface area contributed by atoms with Crippen molar-refractivity contribution in [2.45, 2.75) is 18.9 Å². The lowest BCUT2D eigenvalue weighted by Gasteiger charge is -2.29. The van der Waals surface area contributed by atoms with Crippen LogP contribution in [0.3, 0.4) is 0 Å². The Labute approximate surface area is 181 Å². The van der Waals surface area contributed by atoms with E-state index < -0.39 is 6.04 Å². The van der Waals surface area contributed by atoms with Crippen LogP contribution in [-0.2, 0) is 16.0 Å². The minimum atomic E-state index is -0.641. The van der Waals surface area contributed by atoms with E-state index in [9.17, 15) is 9.59 Å². The average molecular weight is 428 g/mol. The SMILES string of the molecule is CNC(=S)N(CCc1ccc(OC)c(OC)c1)[C@H]1CC(=O)N(c2ccccc2)C1=O. The highest BCUT2D eigenvalue weighted by Crippen LogP contribution is 2.29. The van der Waals surface area contributed by atoms with Crippen molar-refractivity contribution in [3.05, 3.63) is 54.1 Å². The van der Waals surface area contributed by atoms with Crippen molar-refractivity contribution in [2.75, 3.05) is 32.7 Å². The quantitative estimate of drug-likeness (QED) is 0.537. The minimum Gasteiger partial charge on any atom is -0.493 e. The third-order valence-electron chi connectivity index (χ3n) is 5.08. The standard InChI is InChI=1S/C22H25N3O4S/c1-23-22(30)24(12-11-15-9-10-18(28-2)19(13-15)29-3)17-14-20(26)25(21(17)27)16-7-5-4-6-8-16/h4-10,13,17H,11-12,14H2,1-3H3,(H,23,30)/t17-/m0/s1. The van der Waals surface area contributed by atoms with Gasteiger partial charge in [0.25, 0.3) is 5.91 Å². The number of amides is 2. The molecule has 2 amide bonds. The van der Waals surface area contributed by atoms with Gasteiger partial charge in [-0.15, -0.1) is 0 Å². The number of rotatable bonds is 7. The number of carbonyl (C=O) groups excluding carboxylic acids is 2. The van der Waals surface area contributed by atoms with Crippen molar-refractivity contribution in [3.8, 4) is 11.5 Å². The van der Waals surface area contributed by atoms with Crippen molar-refractivity contribution in [3.63, 3.8) is 0 Å². The van der Waals surface area contributed by atoms with E-state index in [-0.39, 0.29) is 18.2 Å². The van der Waals surface area contributed by atoms with Crippen molar-refractivity contribution < 1.29 is 19.1 Å². The molecule has 0 aliphatic carbocycles. The molecule has 0 bridgehead atoms. The molecule has 8 heteroatoms. The second-order valence-electron chi connectivity index (χ2n) is 6.81. The highest BCUT2D eigenvalue weighted by molar-refractivity contribution is 7.80. The van der Waals surface area contributed by atoms with E-state index in [0.717, 1.165) is 5.56 Å². The number of carbonyl (C=O) groups is 2. The minimum absolute atomic E-state index is 0.0848. The van der Waals surface area contributed by atoms with Gasteiger partial charge in [-0.1, -0.05) is 24.3 Å². The summed E-state index contributed by atoms with van der Waals surface area (Å²) in [7, 11) is 4.89. The predicted molar refractivity (Wildman–Crippen MR) is 119 cm³/mol. The first kappa shape index (κ1) is 21.6. The Morgan fingerprint density at radius 2 is 1.83 bits per heavy atom. The third kappa shape index (κ3) is 4.38. The Bertz CT molecular complexity index is 935. The van der Waals surface area contributed by atoms with Gasteiger partial charge in [0.1, 0.15) is 6.04 Å². The summed E-state index contributed by atoms with van der Waals surface area (Å²) in [6.45, 7) is 0.474. The molecule has 30 heavy (non-hydrogen) atoms. The lowest BCUT2D eigenvalue weighted by atomic mass is 10.1. The van der Waals surface area contributed by atoms with E-state index in [0.29, 0.717) is 35.3 Å².